The summed E-state index contributed by atoms with van der Waals surface area (Å²) in [6, 6.07) is 3.91. The molecule has 2 aliphatic heterocycles. The third-order valence-corrected chi connectivity index (χ3v) is 9.17. The zero-order valence-corrected chi connectivity index (χ0v) is 22.4. The number of nitrogens with one attached hydrogen (secondary N) is 1. The quantitative estimate of drug-likeness (QED) is 0.157. The Bertz CT molecular complexity index is 1470. The van der Waals surface area contributed by atoms with Crippen LogP contribution in [-0.4, -0.2) is 42.2 Å². The van der Waals surface area contributed by atoms with Crippen molar-refractivity contribution < 1.29 is 48.3 Å². The number of nitrogens with zero attached hydrogens (tertiary/aromatic N) is 2. The van der Waals surface area contributed by atoms with E-state index >= 15 is 0 Å². The van der Waals surface area contributed by atoms with Gasteiger partial charge >= 0.3 is 24.2 Å². The van der Waals surface area contributed by atoms with Gasteiger partial charge in [0, 0.05) is 17.0 Å². The molecule has 2 aliphatic rings. The van der Waals surface area contributed by atoms with Crippen molar-refractivity contribution in [2.45, 2.75) is 60.7 Å². The minimum Gasteiger partial charge on any atom is -0.404 e. The topological polar surface area (TPSA) is 90.3 Å². The van der Waals surface area contributed by atoms with E-state index in [4.69, 9.17) is 0 Å². The maximum atomic E-state index is 13.1. The first-order valence-corrected chi connectivity index (χ1v) is 14.1. The van der Waals surface area contributed by atoms with Crippen molar-refractivity contribution in [1.82, 2.24) is 9.55 Å². The third kappa shape index (κ3) is 7.13. The lowest BCUT2D eigenvalue weighted by Crippen LogP contribution is -2.36. The minimum absolute atomic E-state index is 0.0381. The number of rotatable bonds is 10. The number of aromatic nitrogens is 2. The molecule has 0 bridgehead atoms. The van der Waals surface area contributed by atoms with Crippen LogP contribution in [0.3, 0.4) is 0 Å². The second-order valence-corrected chi connectivity index (χ2v) is 12.3. The Labute approximate surface area is 224 Å². The minimum atomic E-state index is -5.67. The van der Waals surface area contributed by atoms with E-state index in [-0.39, 0.29) is 22.1 Å². The van der Waals surface area contributed by atoms with Crippen molar-refractivity contribution in [2.75, 3.05) is 10.5 Å². The van der Waals surface area contributed by atoms with E-state index < -0.39 is 63.5 Å². The molecule has 0 spiro atoms. The van der Waals surface area contributed by atoms with Gasteiger partial charge in [-0.15, -0.1) is 36.3 Å². The predicted octanol–water partition coefficient (Wildman–Crippen LogP) is 6.51. The number of imidazole rings is 1. The Morgan fingerprint density at radius 1 is 1.05 bits per heavy atom. The molecular weight excluding hydrogens is 606 g/mol. The van der Waals surface area contributed by atoms with Crippen LogP contribution in [0, 0.1) is 13.8 Å². The van der Waals surface area contributed by atoms with Gasteiger partial charge in [0.25, 0.3) is 10.0 Å². The van der Waals surface area contributed by atoms with Crippen molar-refractivity contribution >= 4 is 38.9 Å². The van der Waals surface area contributed by atoms with Gasteiger partial charge in [-0.3, -0.25) is 9.29 Å². The van der Waals surface area contributed by atoms with Gasteiger partial charge < -0.3 is 4.74 Å². The summed E-state index contributed by atoms with van der Waals surface area (Å²) in [5.74, 6) is -6.33. The fourth-order valence-corrected chi connectivity index (χ4v) is 6.97. The average molecular weight is 626 g/mol. The normalized spacial score (nSPS) is 13.2. The predicted molar refractivity (Wildman–Crippen MR) is 128 cm³/mol. The number of unbranched alkanes of at least 4 members (excludes halogenated alkanes) is 1. The highest BCUT2D eigenvalue weighted by atomic mass is 32.2. The van der Waals surface area contributed by atoms with Crippen LogP contribution in [0.5, 0.6) is 5.75 Å². The highest BCUT2D eigenvalue weighted by Crippen LogP contribution is 2.41. The molecule has 0 aromatic heterocycles. The van der Waals surface area contributed by atoms with Crippen LogP contribution in [-0.2, 0) is 10.0 Å². The van der Waals surface area contributed by atoms with Crippen molar-refractivity contribution in [3.05, 3.63) is 45.3 Å². The van der Waals surface area contributed by atoms with Crippen LogP contribution < -0.4 is 15.1 Å². The summed E-state index contributed by atoms with van der Waals surface area (Å²) in [6.07, 6.45) is -12.8. The molecule has 0 fully saturated rings. The molecule has 1 N–H and O–H groups in total. The Morgan fingerprint density at radius 3 is 2.31 bits per heavy atom. The lowest BCUT2D eigenvalue weighted by atomic mass is 10.1. The number of halogens is 8. The van der Waals surface area contributed by atoms with E-state index in [9.17, 15) is 48.3 Å². The van der Waals surface area contributed by atoms with Crippen molar-refractivity contribution in [1.29, 1.82) is 0 Å². The molecule has 0 amide bonds. The van der Waals surface area contributed by atoms with Gasteiger partial charge in [-0.2, -0.15) is 26.9 Å². The lowest BCUT2D eigenvalue weighted by Gasteiger charge is -2.19. The van der Waals surface area contributed by atoms with Crippen molar-refractivity contribution in [3.63, 3.8) is 0 Å². The fraction of sp³-hybridized carbons (Fsp3) is 0.429. The maximum absolute atomic E-state index is 13.1. The Morgan fingerprint density at radius 2 is 1.69 bits per heavy atom. The summed E-state index contributed by atoms with van der Waals surface area (Å²) in [7, 11) is -4.78. The zero-order valence-electron chi connectivity index (χ0n) is 19.9. The first-order chi connectivity index (χ1) is 17.8. The first-order valence-electron chi connectivity index (χ1n) is 10.8. The molecule has 2 heterocycles. The largest absolute Gasteiger partial charge is 0.573 e. The number of alkyl halides is 8. The van der Waals surface area contributed by atoms with Crippen LogP contribution >= 0.6 is 23.1 Å². The Hall–Kier alpha value is -2.60. The van der Waals surface area contributed by atoms with Gasteiger partial charge in [-0.25, -0.2) is 13.2 Å². The van der Waals surface area contributed by atoms with Crippen LogP contribution in [0.2, 0.25) is 0 Å². The van der Waals surface area contributed by atoms with Crippen molar-refractivity contribution in [2.24, 2.45) is 0 Å². The van der Waals surface area contributed by atoms with Gasteiger partial charge in [-0.1, -0.05) is 12.1 Å². The lowest BCUT2D eigenvalue weighted by molar-refractivity contribution is -0.284. The zero-order chi connectivity index (χ0) is 29.4. The highest BCUT2D eigenvalue weighted by Gasteiger charge is 2.56. The highest BCUT2D eigenvalue weighted by molar-refractivity contribution is 8.01. The monoisotopic (exact) mass is 625 g/mol. The molecule has 39 heavy (non-hydrogen) atoms. The molecule has 3 rings (SSSR count). The number of sulfonamides is 1. The first kappa shape index (κ1) is 30.9. The van der Waals surface area contributed by atoms with Gasteiger partial charge in [0.2, 0.25) is 0 Å². The van der Waals surface area contributed by atoms with Crippen LogP contribution in [0.15, 0.2) is 38.2 Å². The molecular formula is C21H19F8N3O4S3. The van der Waals surface area contributed by atoms with E-state index in [1.807, 2.05) is 4.72 Å². The SMILES string of the molecule is Cc1sc(SCCCCC(F)(F)C(F)(F)F)c2c(NS(=O)(=O)c3ccccc3OC(F)(F)F)nc(=O)n-2c1C. The second-order valence-electron chi connectivity index (χ2n) is 8.07. The van der Waals surface area contributed by atoms with Crippen LogP contribution in [0.4, 0.5) is 40.9 Å². The van der Waals surface area contributed by atoms with Crippen LogP contribution in [0.25, 0.3) is 5.69 Å². The molecule has 216 valence electrons. The number of para-hydroxylation sites is 1. The molecule has 0 saturated heterocycles. The molecule has 0 saturated carbocycles. The molecule has 1 aromatic carbocycles. The maximum Gasteiger partial charge on any atom is 0.573 e. The summed E-state index contributed by atoms with van der Waals surface area (Å²) in [5, 5.41) is 0. The van der Waals surface area contributed by atoms with E-state index in [1.54, 1.807) is 13.8 Å². The van der Waals surface area contributed by atoms with E-state index in [1.165, 1.54) is 0 Å². The van der Waals surface area contributed by atoms with Gasteiger partial charge in [0.1, 0.15) is 16.3 Å². The molecule has 18 heteroatoms. The van der Waals surface area contributed by atoms with E-state index in [0.29, 0.717) is 10.6 Å². The number of aryl methyl sites for hydroxylation is 1. The molecule has 1 aromatic rings. The molecule has 0 unspecified atom stereocenters. The fourth-order valence-electron chi connectivity index (χ4n) is 3.31. The van der Waals surface area contributed by atoms with Gasteiger partial charge in [-0.05, 0) is 44.6 Å². The van der Waals surface area contributed by atoms with E-state index in [2.05, 4.69) is 9.72 Å². The summed E-state index contributed by atoms with van der Waals surface area (Å²) in [5.41, 5.74) is -0.563. The van der Waals surface area contributed by atoms with Crippen molar-refractivity contribution in [3.8, 4) is 11.4 Å². The number of benzene rings is 1. The van der Waals surface area contributed by atoms with Gasteiger partial charge in [0.05, 0.1) is 4.21 Å². The smallest absolute Gasteiger partial charge is 0.404 e. The average Bonchev–Trinajstić information content (AvgIpc) is 3.10. The molecule has 0 atom stereocenters. The van der Waals surface area contributed by atoms with Crippen LogP contribution in [0.1, 0.15) is 29.8 Å². The number of thioether (sulfide) groups is 1. The third-order valence-electron chi connectivity index (χ3n) is 5.26. The number of fused-ring (bicyclic) bond motifs is 1. The van der Waals surface area contributed by atoms with E-state index in [0.717, 1.165) is 51.9 Å². The summed E-state index contributed by atoms with van der Waals surface area (Å²) in [6.45, 7) is 3.18. The summed E-state index contributed by atoms with van der Waals surface area (Å²) < 4.78 is 135. The Balaban J connectivity index is 1.91. The summed E-state index contributed by atoms with van der Waals surface area (Å²) >= 11 is 2.06. The molecule has 0 aliphatic carbocycles. The number of hydrogen-bond acceptors (Lipinski definition) is 7. The second kappa shape index (κ2) is 11.1. The number of ether oxygens (including phenoxy) is 1. The number of hydrogen-bond donors (Lipinski definition) is 1. The number of anilines is 1. The standard InChI is InChI=1S/C21H19F8N3O4S3/c1-11-12(2)38-17(37-10-6-5-9-19(22,23)20(24,25)26)15-16(30-18(33)32(11)15)31-39(34,35)14-8-4-3-7-13(14)36-21(27,28)29/h3-4,7-8H,5-6,9-10H2,1-2H3,(H,30,31,33). The van der Waals surface area contributed by atoms with Gasteiger partial charge in [0.15, 0.2) is 5.82 Å². The molecule has 0 radical (unpaired) electrons. The summed E-state index contributed by atoms with van der Waals surface area (Å²) in [4.78, 5) is 16.0. The Kier molecular flexibility index (Phi) is 8.81. The molecule has 7 nitrogen and oxygen atoms in total.